The molecule has 9 heteroatoms. The number of benzene rings is 1. The van der Waals surface area contributed by atoms with Crippen LogP contribution in [0.15, 0.2) is 18.2 Å². The zero-order chi connectivity index (χ0) is 15.7. The maximum atomic E-state index is 12.3. The third kappa shape index (κ3) is 2.66. The molecule has 0 atom stereocenters. The van der Waals surface area contributed by atoms with Crippen LogP contribution in [0.2, 0.25) is 5.02 Å². The number of rotatable bonds is 3. The summed E-state index contributed by atoms with van der Waals surface area (Å²) in [7, 11) is 0. The van der Waals surface area contributed by atoms with Gasteiger partial charge in [-0.1, -0.05) is 11.6 Å². The lowest BCUT2D eigenvalue weighted by Gasteiger charge is -2.12. The molecule has 0 saturated carbocycles. The van der Waals surface area contributed by atoms with Crippen molar-refractivity contribution in [3.05, 3.63) is 50.3 Å². The van der Waals surface area contributed by atoms with Gasteiger partial charge in [0.2, 0.25) is 0 Å². The van der Waals surface area contributed by atoms with E-state index in [1.807, 2.05) is 0 Å². The number of halogens is 1. The van der Waals surface area contributed by atoms with E-state index in [0.717, 1.165) is 5.69 Å². The number of ether oxygens (including phenoxy) is 1. The van der Waals surface area contributed by atoms with Crippen molar-refractivity contribution in [1.82, 2.24) is 10.2 Å². The average Bonchev–Trinajstić information content (AvgIpc) is 2.93. The Balaban J connectivity index is 1.84. The summed E-state index contributed by atoms with van der Waals surface area (Å²) in [5.74, 6) is -0.459. The topological polar surface area (TPSA) is 110 Å². The molecule has 1 aromatic heterocycles. The Bertz CT molecular complexity index is 758. The molecule has 2 N–H and O–H groups in total. The molecule has 1 aliphatic heterocycles. The largest absolute Gasteiger partial charge is 0.376 e. The molecule has 0 fully saturated rings. The van der Waals surface area contributed by atoms with E-state index >= 15 is 0 Å². The van der Waals surface area contributed by atoms with E-state index in [4.69, 9.17) is 16.3 Å². The number of fused-ring (bicyclic) bond motifs is 1. The summed E-state index contributed by atoms with van der Waals surface area (Å²) in [6.07, 6.45) is 0.669. The van der Waals surface area contributed by atoms with Gasteiger partial charge in [0.15, 0.2) is 5.69 Å². The van der Waals surface area contributed by atoms with Crippen LogP contribution < -0.4 is 5.32 Å². The molecule has 1 amide bonds. The lowest BCUT2D eigenvalue weighted by molar-refractivity contribution is -0.384. The van der Waals surface area contributed by atoms with E-state index in [9.17, 15) is 14.9 Å². The number of H-pyrrole nitrogens is 1. The molecule has 2 aromatic rings. The van der Waals surface area contributed by atoms with Crippen LogP contribution in [-0.2, 0) is 17.8 Å². The van der Waals surface area contributed by atoms with E-state index in [2.05, 4.69) is 15.5 Å². The minimum Gasteiger partial charge on any atom is -0.376 e. The zero-order valence-corrected chi connectivity index (χ0v) is 12.0. The van der Waals surface area contributed by atoms with Gasteiger partial charge in [0.25, 0.3) is 11.6 Å². The first-order valence-corrected chi connectivity index (χ1v) is 6.83. The van der Waals surface area contributed by atoms with Crippen LogP contribution in [0.1, 0.15) is 21.7 Å². The van der Waals surface area contributed by atoms with Gasteiger partial charge in [-0.05, 0) is 12.1 Å². The van der Waals surface area contributed by atoms with Crippen LogP contribution in [0.3, 0.4) is 0 Å². The molecule has 2 heterocycles. The van der Waals surface area contributed by atoms with Crippen LogP contribution in [0, 0.1) is 10.1 Å². The molecule has 0 bridgehead atoms. The summed E-state index contributed by atoms with van der Waals surface area (Å²) < 4.78 is 5.31. The zero-order valence-electron chi connectivity index (χ0n) is 11.3. The van der Waals surface area contributed by atoms with Gasteiger partial charge in [0, 0.05) is 29.4 Å². The number of nitro groups is 1. The number of carbonyl (C=O) groups excluding carboxylic acids is 1. The highest BCUT2D eigenvalue weighted by Crippen LogP contribution is 2.28. The fourth-order valence-electron chi connectivity index (χ4n) is 2.22. The van der Waals surface area contributed by atoms with Gasteiger partial charge in [-0.15, -0.1) is 0 Å². The second-order valence-electron chi connectivity index (χ2n) is 4.71. The SMILES string of the molecule is O=C(Nc1ccc(Cl)c([N+](=O)[O-])c1)c1n[nH]c2c1COCC2. The standard InChI is InChI=1S/C13H11ClN4O4/c14-9-2-1-7(5-11(9)18(20)21)15-13(19)12-8-6-22-4-3-10(8)16-17-12/h1-2,5H,3-4,6H2,(H,15,19)(H,16,17). The number of hydrogen-bond acceptors (Lipinski definition) is 5. The molecule has 0 aliphatic carbocycles. The Morgan fingerprint density at radius 1 is 1.50 bits per heavy atom. The normalized spacial score (nSPS) is 13.5. The van der Waals surface area contributed by atoms with Crippen LogP contribution >= 0.6 is 11.6 Å². The molecule has 0 radical (unpaired) electrons. The van der Waals surface area contributed by atoms with Crippen molar-refractivity contribution in [3.63, 3.8) is 0 Å². The highest BCUT2D eigenvalue weighted by atomic mass is 35.5. The minimum atomic E-state index is -0.609. The van der Waals surface area contributed by atoms with Crippen LogP contribution in [0.4, 0.5) is 11.4 Å². The molecule has 0 unspecified atom stereocenters. The lowest BCUT2D eigenvalue weighted by atomic mass is 10.1. The predicted octanol–water partition coefficient (Wildman–Crippen LogP) is 2.30. The quantitative estimate of drug-likeness (QED) is 0.665. The summed E-state index contributed by atoms with van der Waals surface area (Å²) in [5, 5.41) is 20.2. The van der Waals surface area contributed by atoms with Crippen LogP contribution in [0.5, 0.6) is 0 Å². The number of carbonyl (C=O) groups is 1. The van der Waals surface area contributed by atoms with Crippen molar-refractivity contribution < 1.29 is 14.5 Å². The molecule has 3 rings (SSSR count). The lowest BCUT2D eigenvalue weighted by Crippen LogP contribution is -2.17. The Labute approximate surface area is 129 Å². The van der Waals surface area contributed by atoms with Crippen molar-refractivity contribution in [1.29, 1.82) is 0 Å². The number of amides is 1. The summed E-state index contributed by atoms with van der Waals surface area (Å²) in [5.41, 5.74) is 1.82. The molecular weight excluding hydrogens is 312 g/mol. The van der Waals surface area contributed by atoms with Crippen molar-refractivity contribution >= 4 is 28.9 Å². The highest BCUT2D eigenvalue weighted by Gasteiger charge is 2.23. The van der Waals surface area contributed by atoms with E-state index in [1.165, 1.54) is 18.2 Å². The summed E-state index contributed by atoms with van der Waals surface area (Å²) >= 11 is 5.73. The number of nitrogens with zero attached hydrogens (tertiary/aromatic N) is 2. The third-order valence-corrected chi connectivity index (χ3v) is 3.63. The van der Waals surface area contributed by atoms with Crippen molar-refractivity contribution in [2.75, 3.05) is 11.9 Å². The Morgan fingerprint density at radius 3 is 3.09 bits per heavy atom. The van der Waals surface area contributed by atoms with Gasteiger partial charge in [-0.3, -0.25) is 20.0 Å². The first-order valence-electron chi connectivity index (χ1n) is 6.45. The molecule has 0 saturated heterocycles. The first kappa shape index (κ1) is 14.5. The average molecular weight is 323 g/mol. The predicted molar refractivity (Wildman–Crippen MR) is 78.0 cm³/mol. The van der Waals surface area contributed by atoms with Crippen molar-refractivity contribution in [2.45, 2.75) is 13.0 Å². The van der Waals surface area contributed by atoms with Crippen LogP contribution in [-0.4, -0.2) is 27.6 Å². The van der Waals surface area contributed by atoms with Crippen molar-refractivity contribution in [3.8, 4) is 0 Å². The fraction of sp³-hybridized carbons (Fsp3) is 0.231. The van der Waals surface area contributed by atoms with Gasteiger partial charge in [-0.2, -0.15) is 5.10 Å². The maximum Gasteiger partial charge on any atom is 0.289 e. The van der Waals surface area contributed by atoms with Gasteiger partial charge in [0.05, 0.1) is 18.1 Å². The smallest absolute Gasteiger partial charge is 0.289 e. The molecule has 22 heavy (non-hydrogen) atoms. The fourth-order valence-corrected chi connectivity index (χ4v) is 2.41. The number of anilines is 1. The second-order valence-corrected chi connectivity index (χ2v) is 5.12. The summed E-state index contributed by atoms with van der Waals surface area (Å²) in [6.45, 7) is 0.898. The van der Waals surface area contributed by atoms with E-state index in [-0.39, 0.29) is 22.1 Å². The molecular formula is C13H11ClN4O4. The summed E-state index contributed by atoms with van der Waals surface area (Å²) in [4.78, 5) is 22.5. The number of aromatic amines is 1. The monoisotopic (exact) mass is 322 g/mol. The number of nitrogens with one attached hydrogen (secondary N) is 2. The molecule has 1 aliphatic rings. The number of nitro benzene ring substituents is 1. The van der Waals surface area contributed by atoms with Gasteiger partial charge in [0.1, 0.15) is 5.02 Å². The van der Waals surface area contributed by atoms with E-state index in [1.54, 1.807) is 0 Å². The van der Waals surface area contributed by atoms with Crippen molar-refractivity contribution in [2.24, 2.45) is 0 Å². The Morgan fingerprint density at radius 2 is 2.32 bits per heavy atom. The van der Waals surface area contributed by atoms with Gasteiger partial charge >= 0.3 is 0 Å². The van der Waals surface area contributed by atoms with E-state index < -0.39 is 10.8 Å². The minimum absolute atomic E-state index is 0.00791. The number of hydrogen-bond donors (Lipinski definition) is 2. The summed E-state index contributed by atoms with van der Waals surface area (Å²) in [6, 6.07) is 4.05. The Hall–Kier alpha value is -2.45. The van der Waals surface area contributed by atoms with Crippen LogP contribution in [0.25, 0.3) is 0 Å². The molecule has 0 spiro atoms. The highest BCUT2D eigenvalue weighted by molar-refractivity contribution is 6.32. The second kappa shape index (κ2) is 5.74. The van der Waals surface area contributed by atoms with E-state index in [0.29, 0.717) is 25.2 Å². The molecule has 1 aromatic carbocycles. The third-order valence-electron chi connectivity index (χ3n) is 3.31. The van der Waals surface area contributed by atoms with Gasteiger partial charge in [-0.25, -0.2) is 0 Å². The Kier molecular flexibility index (Phi) is 3.78. The molecule has 8 nitrogen and oxygen atoms in total. The number of aromatic nitrogens is 2. The van der Waals surface area contributed by atoms with Gasteiger partial charge < -0.3 is 10.1 Å². The first-order chi connectivity index (χ1) is 10.6. The maximum absolute atomic E-state index is 12.3. The molecule has 114 valence electrons.